The van der Waals surface area contributed by atoms with Crippen molar-refractivity contribution in [1.29, 1.82) is 0 Å². The minimum absolute atomic E-state index is 1.14. The van der Waals surface area contributed by atoms with Gasteiger partial charge in [0.05, 0.1) is 6.20 Å². The average molecular weight is 496 g/mol. The van der Waals surface area contributed by atoms with Crippen molar-refractivity contribution in [3.05, 3.63) is 150 Å². The molecule has 1 N–H and O–H groups in total. The molecule has 0 bridgehead atoms. The fraction of sp³-hybridized carbons (Fsp3) is 0.0588. The number of hydrogen-bond donors (Lipinski definition) is 1. The van der Waals surface area contributed by atoms with Gasteiger partial charge in [-0.05, 0) is 61.6 Å². The smallest absolute Gasteiger partial charge is 0.203 e. The molecule has 4 nitrogen and oxygen atoms in total. The van der Waals surface area contributed by atoms with Crippen molar-refractivity contribution in [3.63, 3.8) is 0 Å². The van der Waals surface area contributed by atoms with E-state index >= 15 is 0 Å². The van der Waals surface area contributed by atoms with Crippen molar-refractivity contribution in [2.24, 2.45) is 7.05 Å². The predicted molar refractivity (Wildman–Crippen MR) is 159 cm³/mol. The van der Waals surface area contributed by atoms with Crippen molar-refractivity contribution in [2.75, 3.05) is 7.05 Å². The topological polar surface area (TPSA) is 32.0 Å². The van der Waals surface area contributed by atoms with Crippen molar-refractivity contribution in [2.45, 2.75) is 0 Å². The summed E-state index contributed by atoms with van der Waals surface area (Å²) in [7, 11) is 3.90. The van der Waals surface area contributed by atoms with Crippen molar-refractivity contribution < 1.29 is 4.68 Å². The predicted octanol–water partition coefficient (Wildman–Crippen LogP) is 6.93. The van der Waals surface area contributed by atoms with Crippen LogP contribution < -0.4 is 10.1 Å². The second-order valence-corrected chi connectivity index (χ2v) is 9.14. The molecule has 4 heteroatoms. The molecule has 38 heavy (non-hydrogen) atoms. The van der Waals surface area contributed by atoms with Gasteiger partial charge in [-0.2, -0.15) is 0 Å². The Morgan fingerprint density at radius 1 is 0.711 bits per heavy atom. The first kappa shape index (κ1) is 24.7. The van der Waals surface area contributed by atoms with Crippen LogP contribution in [0.15, 0.2) is 134 Å². The van der Waals surface area contributed by atoms with Crippen LogP contribution in [0.25, 0.3) is 39.8 Å². The molecule has 6 rings (SSSR count). The standard InChI is InChI=1S/C17H16N2.C17H15N2/c1-19-12-11-14(13-18-19)9-10-16-7-4-6-15-5-2-3-8-17(15)16;1-19-13-14(11-12-18-19)9-10-16-7-4-6-15-5-2-3-8-17(15)16/h2-13,18H,1H3;2-13H,1H3/q;+1/b2*10-9+. The van der Waals surface area contributed by atoms with Gasteiger partial charge in [0.15, 0.2) is 7.05 Å². The lowest BCUT2D eigenvalue weighted by atomic mass is 10.0. The fourth-order valence-corrected chi connectivity index (χ4v) is 4.35. The van der Waals surface area contributed by atoms with E-state index in [9.17, 15) is 0 Å². The van der Waals surface area contributed by atoms with Gasteiger partial charge in [-0.25, -0.2) is 0 Å². The quantitative estimate of drug-likeness (QED) is 0.274. The van der Waals surface area contributed by atoms with Crippen LogP contribution in [-0.4, -0.2) is 17.2 Å². The van der Waals surface area contributed by atoms with E-state index in [0.717, 1.165) is 11.1 Å². The molecule has 0 spiro atoms. The number of aromatic nitrogens is 2. The summed E-state index contributed by atoms with van der Waals surface area (Å²) in [6, 6.07) is 31.6. The summed E-state index contributed by atoms with van der Waals surface area (Å²) in [4.78, 5) is 0. The second-order valence-electron chi connectivity index (χ2n) is 9.14. The minimum Gasteiger partial charge on any atom is -0.306 e. The molecule has 0 radical (unpaired) electrons. The molecule has 1 aliphatic rings. The molecule has 0 saturated carbocycles. The van der Waals surface area contributed by atoms with Crippen molar-refractivity contribution >= 4 is 39.8 Å². The summed E-state index contributed by atoms with van der Waals surface area (Å²) in [6.45, 7) is 0. The molecule has 0 atom stereocenters. The lowest BCUT2D eigenvalue weighted by Gasteiger charge is -2.17. The number of hydrazine groups is 1. The van der Waals surface area contributed by atoms with Gasteiger partial charge in [-0.1, -0.05) is 108 Å². The van der Waals surface area contributed by atoms with Crippen LogP contribution in [0.4, 0.5) is 0 Å². The maximum atomic E-state index is 4.13. The number of benzene rings is 4. The molecule has 0 amide bonds. The van der Waals surface area contributed by atoms with Gasteiger partial charge in [0, 0.05) is 25.0 Å². The van der Waals surface area contributed by atoms with Crippen LogP contribution in [0.1, 0.15) is 16.7 Å². The number of rotatable bonds is 4. The summed E-state index contributed by atoms with van der Waals surface area (Å²) in [6.07, 6.45) is 18.4. The van der Waals surface area contributed by atoms with E-state index in [-0.39, 0.29) is 0 Å². The first-order chi connectivity index (χ1) is 18.7. The van der Waals surface area contributed by atoms with E-state index in [0.29, 0.717) is 0 Å². The van der Waals surface area contributed by atoms with Crippen LogP contribution in [0.5, 0.6) is 0 Å². The molecule has 186 valence electrons. The number of nitrogens with zero attached hydrogens (tertiary/aromatic N) is 3. The average Bonchev–Trinajstić information content (AvgIpc) is 2.96. The minimum atomic E-state index is 1.14. The van der Waals surface area contributed by atoms with Crippen LogP contribution in [0, 0.1) is 0 Å². The highest BCUT2D eigenvalue weighted by Gasteiger charge is 2.00. The van der Waals surface area contributed by atoms with Gasteiger partial charge >= 0.3 is 0 Å². The van der Waals surface area contributed by atoms with Crippen molar-refractivity contribution in [1.82, 2.24) is 15.5 Å². The van der Waals surface area contributed by atoms with E-state index in [1.165, 1.54) is 32.7 Å². The Morgan fingerprint density at radius 3 is 1.92 bits per heavy atom. The first-order valence-corrected chi connectivity index (χ1v) is 12.7. The third kappa shape index (κ3) is 6.23. The number of nitrogens with one attached hydrogen (secondary N) is 1. The van der Waals surface area contributed by atoms with Crippen LogP contribution >= 0.6 is 0 Å². The van der Waals surface area contributed by atoms with Gasteiger partial charge in [0.2, 0.25) is 6.20 Å². The maximum Gasteiger partial charge on any atom is 0.203 e. The van der Waals surface area contributed by atoms with Crippen LogP contribution in [-0.2, 0) is 7.05 Å². The summed E-state index contributed by atoms with van der Waals surface area (Å²) < 4.78 is 1.81. The van der Waals surface area contributed by atoms with Crippen molar-refractivity contribution in [3.8, 4) is 0 Å². The first-order valence-electron chi connectivity index (χ1n) is 12.7. The lowest BCUT2D eigenvalue weighted by molar-refractivity contribution is -0.731. The Bertz CT molecular complexity index is 1670. The molecule has 5 aromatic rings. The Kier molecular flexibility index (Phi) is 7.71. The van der Waals surface area contributed by atoms with Gasteiger partial charge in [0.25, 0.3) is 0 Å². The molecular formula is C34H31N4+. The second kappa shape index (κ2) is 11.8. The molecule has 0 saturated heterocycles. The number of fused-ring (bicyclic) bond motifs is 2. The highest BCUT2D eigenvalue weighted by atomic mass is 15.5. The Morgan fingerprint density at radius 2 is 1.32 bits per heavy atom. The number of allylic oxidation sites excluding steroid dienone is 3. The summed E-state index contributed by atoms with van der Waals surface area (Å²) in [5, 5.41) is 11.1. The number of hydrogen-bond acceptors (Lipinski definition) is 3. The lowest BCUT2D eigenvalue weighted by Crippen LogP contribution is -2.31. The number of aryl methyl sites for hydroxylation is 1. The zero-order valence-electron chi connectivity index (χ0n) is 21.7. The van der Waals surface area contributed by atoms with E-state index in [1.807, 2.05) is 54.6 Å². The molecule has 4 aromatic carbocycles. The van der Waals surface area contributed by atoms with Crippen LogP contribution in [0.3, 0.4) is 0 Å². The van der Waals surface area contributed by atoms with Gasteiger partial charge in [0.1, 0.15) is 0 Å². The van der Waals surface area contributed by atoms with E-state index < -0.39 is 0 Å². The highest BCUT2D eigenvalue weighted by Crippen LogP contribution is 2.21. The largest absolute Gasteiger partial charge is 0.306 e. The summed E-state index contributed by atoms with van der Waals surface area (Å²) in [5.74, 6) is 0. The Hall–Kier alpha value is -4.96. The SMILES string of the molecule is CN1C=CC(/C=C/c2cccc3ccccc23)=CN1.C[n+]1cc(/C=C/c2cccc3ccccc23)ccn1. The van der Waals surface area contributed by atoms with Gasteiger partial charge in [-0.15, -0.1) is 0 Å². The highest BCUT2D eigenvalue weighted by molar-refractivity contribution is 5.93. The maximum absolute atomic E-state index is 4.13. The van der Waals surface area contributed by atoms with Gasteiger partial charge in [-0.3, -0.25) is 5.01 Å². The Balaban J connectivity index is 0.000000155. The molecule has 1 aromatic heterocycles. The molecule has 0 unspecified atom stereocenters. The van der Waals surface area contributed by atoms with E-state index in [2.05, 4.69) is 126 Å². The molecular weight excluding hydrogens is 464 g/mol. The Labute approximate surface area is 224 Å². The third-order valence-corrected chi connectivity index (χ3v) is 6.33. The van der Waals surface area contributed by atoms with E-state index in [4.69, 9.17) is 0 Å². The summed E-state index contributed by atoms with van der Waals surface area (Å²) >= 11 is 0. The monoisotopic (exact) mass is 495 g/mol. The van der Waals surface area contributed by atoms with Gasteiger partial charge < -0.3 is 5.43 Å². The van der Waals surface area contributed by atoms with E-state index in [1.54, 1.807) is 0 Å². The van der Waals surface area contributed by atoms with Crippen LogP contribution in [0.2, 0.25) is 0 Å². The molecule has 2 heterocycles. The normalized spacial score (nSPS) is 13.0. The molecule has 0 fully saturated rings. The fourth-order valence-electron chi connectivity index (χ4n) is 4.35. The third-order valence-electron chi connectivity index (χ3n) is 6.33. The zero-order valence-corrected chi connectivity index (χ0v) is 21.7. The summed E-state index contributed by atoms with van der Waals surface area (Å²) in [5.41, 5.74) is 7.92. The molecule has 1 aliphatic heterocycles. The zero-order chi connectivity index (χ0) is 26.2. The molecule has 0 aliphatic carbocycles.